The SMILES string of the molecule is CC(C)CCNC1=CC(=O)C(O)=C(CC2(C)C(C)CCC3(C)CCCCC32)C1=O. The maximum atomic E-state index is 13.2. The van der Waals surface area contributed by atoms with Crippen molar-refractivity contribution in [1.82, 2.24) is 5.32 Å². The fourth-order valence-corrected chi connectivity index (χ4v) is 6.20. The molecular formula is C25H39NO3. The average Bonchev–Trinajstić information content (AvgIpc) is 2.66. The van der Waals surface area contributed by atoms with E-state index < -0.39 is 5.78 Å². The Labute approximate surface area is 176 Å². The first-order chi connectivity index (χ1) is 13.6. The van der Waals surface area contributed by atoms with Crippen molar-refractivity contribution in [3.05, 3.63) is 23.1 Å². The van der Waals surface area contributed by atoms with Gasteiger partial charge in [-0.3, -0.25) is 9.59 Å². The van der Waals surface area contributed by atoms with Crippen molar-refractivity contribution in [1.29, 1.82) is 0 Å². The van der Waals surface area contributed by atoms with Crippen LogP contribution in [0.15, 0.2) is 23.1 Å². The average molecular weight is 402 g/mol. The van der Waals surface area contributed by atoms with Crippen LogP contribution in [0, 0.1) is 28.6 Å². The van der Waals surface area contributed by atoms with E-state index in [0.717, 1.165) is 12.8 Å². The maximum absolute atomic E-state index is 13.2. The molecule has 3 rings (SSSR count). The fraction of sp³-hybridized carbons (Fsp3) is 0.760. The number of aliphatic hydroxyl groups is 1. The molecule has 4 unspecified atom stereocenters. The zero-order chi connectivity index (χ0) is 21.4. The molecule has 4 heteroatoms. The number of hydrogen-bond acceptors (Lipinski definition) is 4. The van der Waals surface area contributed by atoms with Gasteiger partial charge in [-0.05, 0) is 67.1 Å². The number of aliphatic hydroxyl groups excluding tert-OH is 1. The third-order valence-electron chi connectivity index (χ3n) is 8.31. The van der Waals surface area contributed by atoms with Crippen LogP contribution in [0.25, 0.3) is 0 Å². The van der Waals surface area contributed by atoms with Crippen molar-refractivity contribution in [2.75, 3.05) is 6.54 Å². The molecule has 162 valence electrons. The number of ketones is 2. The molecule has 2 saturated carbocycles. The van der Waals surface area contributed by atoms with E-state index in [-0.39, 0.29) is 17.0 Å². The second kappa shape index (κ2) is 8.28. The number of allylic oxidation sites excluding steroid dienone is 2. The van der Waals surface area contributed by atoms with Crippen LogP contribution < -0.4 is 5.32 Å². The molecule has 0 spiro atoms. The molecule has 2 fully saturated rings. The number of carbonyl (C=O) groups is 2. The molecule has 4 atom stereocenters. The largest absolute Gasteiger partial charge is 0.504 e. The normalized spacial score (nSPS) is 35.6. The van der Waals surface area contributed by atoms with Gasteiger partial charge in [0.25, 0.3) is 0 Å². The molecule has 0 aromatic heterocycles. The van der Waals surface area contributed by atoms with Gasteiger partial charge in [0.2, 0.25) is 11.6 Å². The summed E-state index contributed by atoms with van der Waals surface area (Å²) in [5.41, 5.74) is 0.911. The van der Waals surface area contributed by atoms with Crippen LogP contribution in [-0.2, 0) is 9.59 Å². The second-order valence-corrected chi connectivity index (χ2v) is 10.8. The van der Waals surface area contributed by atoms with Crippen LogP contribution in [0.2, 0.25) is 0 Å². The summed E-state index contributed by atoms with van der Waals surface area (Å²) >= 11 is 0. The zero-order valence-corrected chi connectivity index (χ0v) is 18.9. The van der Waals surface area contributed by atoms with Gasteiger partial charge in [-0.2, -0.15) is 0 Å². The zero-order valence-electron chi connectivity index (χ0n) is 18.9. The number of Topliss-reactive ketones (excluding diaryl/α,β-unsaturated/α-hetero) is 1. The van der Waals surface area contributed by atoms with E-state index in [4.69, 9.17) is 0 Å². The quantitative estimate of drug-likeness (QED) is 0.577. The van der Waals surface area contributed by atoms with Crippen LogP contribution in [-0.4, -0.2) is 23.2 Å². The highest BCUT2D eigenvalue weighted by Gasteiger charge is 2.53. The lowest BCUT2D eigenvalue weighted by Gasteiger charge is -2.58. The van der Waals surface area contributed by atoms with Gasteiger partial charge in [0.15, 0.2) is 5.76 Å². The van der Waals surface area contributed by atoms with E-state index in [1.165, 1.54) is 38.2 Å². The molecule has 0 aliphatic heterocycles. The van der Waals surface area contributed by atoms with E-state index in [0.29, 0.717) is 47.4 Å². The van der Waals surface area contributed by atoms with E-state index >= 15 is 0 Å². The van der Waals surface area contributed by atoms with Crippen molar-refractivity contribution >= 4 is 11.6 Å². The first-order valence-electron chi connectivity index (χ1n) is 11.5. The minimum Gasteiger partial charge on any atom is -0.504 e. The summed E-state index contributed by atoms with van der Waals surface area (Å²) in [5.74, 6) is 0.546. The molecule has 4 nitrogen and oxygen atoms in total. The summed E-state index contributed by atoms with van der Waals surface area (Å²) in [6.07, 6.45) is 10.1. The molecule has 0 radical (unpaired) electrons. The topological polar surface area (TPSA) is 66.4 Å². The Morgan fingerprint density at radius 1 is 1.17 bits per heavy atom. The van der Waals surface area contributed by atoms with Gasteiger partial charge < -0.3 is 10.4 Å². The van der Waals surface area contributed by atoms with E-state index in [9.17, 15) is 14.7 Å². The number of nitrogens with one attached hydrogen (secondary N) is 1. The molecule has 3 aliphatic carbocycles. The van der Waals surface area contributed by atoms with Gasteiger partial charge in [-0.25, -0.2) is 0 Å². The third-order valence-corrected chi connectivity index (χ3v) is 8.31. The Balaban J connectivity index is 1.85. The van der Waals surface area contributed by atoms with Crippen LogP contribution >= 0.6 is 0 Å². The molecule has 2 N–H and O–H groups in total. The lowest BCUT2D eigenvalue weighted by molar-refractivity contribution is -0.119. The van der Waals surface area contributed by atoms with E-state index in [2.05, 4.69) is 39.9 Å². The van der Waals surface area contributed by atoms with Gasteiger partial charge in [-0.15, -0.1) is 0 Å². The summed E-state index contributed by atoms with van der Waals surface area (Å²) in [6, 6.07) is 0. The smallest absolute Gasteiger partial charge is 0.222 e. The van der Waals surface area contributed by atoms with Crippen LogP contribution in [0.4, 0.5) is 0 Å². The van der Waals surface area contributed by atoms with Crippen molar-refractivity contribution in [3.63, 3.8) is 0 Å². The Hall–Kier alpha value is -1.58. The Kier molecular flexibility index (Phi) is 6.31. The molecule has 0 aromatic carbocycles. The Morgan fingerprint density at radius 3 is 2.59 bits per heavy atom. The van der Waals surface area contributed by atoms with Crippen molar-refractivity contribution in [3.8, 4) is 0 Å². The van der Waals surface area contributed by atoms with Crippen molar-refractivity contribution < 1.29 is 14.7 Å². The number of hydrogen-bond donors (Lipinski definition) is 2. The number of fused-ring (bicyclic) bond motifs is 1. The Bertz CT molecular complexity index is 734. The summed E-state index contributed by atoms with van der Waals surface area (Å²) in [7, 11) is 0. The lowest BCUT2D eigenvalue weighted by atomic mass is 9.47. The summed E-state index contributed by atoms with van der Waals surface area (Å²) in [6.45, 7) is 11.9. The predicted octanol–water partition coefficient (Wildman–Crippen LogP) is 5.49. The lowest BCUT2D eigenvalue weighted by Crippen LogP contribution is -2.50. The van der Waals surface area contributed by atoms with Gasteiger partial charge in [0.05, 0.1) is 5.70 Å². The molecule has 0 saturated heterocycles. The summed E-state index contributed by atoms with van der Waals surface area (Å²) < 4.78 is 0. The highest BCUT2D eigenvalue weighted by Crippen LogP contribution is 2.61. The van der Waals surface area contributed by atoms with Crippen molar-refractivity contribution in [2.45, 2.75) is 86.0 Å². The molecule has 29 heavy (non-hydrogen) atoms. The van der Waals surface area contributed by atoms with Gasteiger partial charge in [-0.1, -0.05) is 47.5 Å². The Morgan fingerprint density at radius 2 is 1.90 bits per heavy atom. The molecule has 0 aromatic rings. The first-order valence-corrected chi connectivity index (χ1v) is 11.5. The standard InChI is InChI=1S/C25H39NO3/c1-16(2)10-13-26-19-14-20(27)23(29)18(22(19)28)15-25(5)17(3)9-12-24(4)11-7-6-8-21(24)25/h14,16-17,21,26,29H,6-13,15H2,1-5H3. The predicted molar refractivity (Wildman–Crippen MR) is 116 cm³/mol. The van der Waals surface area contributed by atoms with Crippen LogP contribution in [0.5, 0.6) is 0 Å². The molecule has 0 bridgehead atoms. The molecule has 0 heterocycles. The van der Waals surface area contributed by atoms with Crippen LogP contribution in [0.1, 0.15) is 86.0 Å². The van der Waals surface area contributed by atoms with Gasteiger partial charge in [0, 0.05) is 18.2 Å². The minimum atomic E-state index is -0.440. The second-order valence-electron chi connectivity index (χ2n) is 10.8. The first kappa shape index (κ1) is 22.1. The number of rotatable bonds is 6. The molecule has 3 aliphatic rings. The maximum Gasteiger partial charge on any atom is 0.222 e. The van der Waals surface area contributed by atoms with Crippen molar-refractivity contribution in [2.24, 2.45) is 28.6 Å². The summed E-state index contributed by atoms with van der Waals surface area (Å²) in [5, 5.41) is 13.7. The monoisotopic (exact) mass is 401 g/mol. The van der Waals surface area contributed by atoms with Gasteiger partial charge >= 0.3 is 0 Å². The third kappa shape index (κ3) is 4.18. The summed E-state index contributed by atoms with van der Waals surface area (Å²) in [4.78, 5) is 25.7. The highest BCUT2D eigenvalue weighted by molar-refractivity contribution is 6.21. The van der Waals surface area contributed by atoms with Gasteiger partial charge in [0.1, 0.15) is 0 Å². The van der Waals surface area contributed by atoms with E-state index in [1.807, 2.05) is 0 Å². The van der Waals surface area contributed by atoms with Crippen LogP contribution in [0.3, 0.4) is 0 Å². The highest BCUT2D eigenvalue weighted by atomic mass is 16.3. The molecular weight excluding hydrogens is 362 g/mol. The number of carbonyl (C=O) groups excluding carboxylic acids is 2. The van der Waals surface area contributed by atoms with E-state index in [1.54, 1.807) is 0 Å². The minimum absolute atomic E-state index is 0.0763. The molecule has 0 amide bonds. The fourth-order valence-electron chi connectivity index (χ4n) is 6.20.